The van der Waals surface area contributed by atoms with Crippen molar-refractivity contribution < 1.29 is 14.7 Å². The summed E-state index contributed by atoms with van der Waals surface area (Å²) in [7, 11) is 0. The monoisotopic (exact) mass is 284 g/mol. The molecule has 0 saturated carbocycles. The number of hydrogen-bond donors (Lipinski definition) is 1. The van der Waals surface area contributed by atoms with Crippen molar-refractivity contribution in [1.29, 1.82) is 0 Å². The maximum atomic E-state index is 12.4. The third-order valence-corrected chi connectivity index (χ3v) is 3.97. The van der Waals surface area contributed by atoms with Crippen LogP contribution >= 0.6 is 0 Å². The normalized spacial score (nSPS) is 23.6. The highest BCUT2D eigenvalue weighted by Crippen LogP contribution is 2.23. The summed E-state index contributed by atoms with van der Waals surface area (Å²) in [6, 6.07) is -0.516. The molecule has 0 aromatic rings. The zero-order valence-corrected chi connectivity index (χ0v) is 13.0. The second-order valence-electron chi connectivity index (χ2n) is 5.75. The molecule has 0 aromatic carbocycles. The number of carbonyl (C=O) groups excluding carboxylic acids is 1. The van der Waals surface area contributed by atoms with Crippen molar-refractivity contribution >= 4 is 11.9 Å². The van der Waals surface area contributed by atoms with Crippen LogP contribution < -0.4 is 0 Å². The van der Waals surface area contributed by atoms with Gasteiger partial charge in [0.25, 0.3) is 0 Å². The van der Waals surface area contributed by atoms with Gasteiger partial charge in [-0.15, -0.1) is 0 Å². The molecule has 5 heteroatoms. The molecule has 0 bridgehead atoms. The van der Waals surface area contributed by atoms with Crippen LogP contribution in [0.25, 0.3) is 0 Å². The van der Waals surface area contributed by atoms with Crippen LogP contribution in [-0.4, -0.2) is 59.0 Å². The molecule has 0 aliphatic carbocycles. The maximum Gasteiger partial charge on any atom is 0.321 e. The molecule has 1 aliphatic rings. The second-order valence-corrected chi connectivity index (χ2v) is 5.75. The van der Waals surface area contributed by atoms with Gasteiger partial charge in [0.2, 0.25) is 5.91 Å². The third kappa shape index (κ3) is 4.47. The van der Waals surface area contributed by atoms with E-state index in [1.165, 1.54) is 0 Å². The molecule has 1 rings (SSSR count). The van der Waals surface area contributed by atoms with Crippen molar-refractivity contribution in [3.63, 3.8) is 0 Å². The molecule has 5 nitrogen and oxygen atoms in total. The minimum absolute atomic E-state index is 0.0639. The fourth-order valence-corrected chi connectivity index (χ4v) is 3.02. The maximum absolute atomic E-state index is 12.4. The molecule has 1 saturated heterocycles. The summed E-state index contributed by atoms with van der Waals surface area (Å²) in [4.78, 5) is 27.5. The topological polar surface area (TPSA) is 60.9 Å². The highest BCUT2D eigenvalue weighted by atomic mass is 16.4. The van der Waals surface area contributed by atoms with Crippen molar-refractivity contribution in [2.75, 3.05) is 26.2 Å². The lowest BCUT2D eigenvalue weighted by atomic mass is 9.91. The number of carbonyl (C=O) groups is 2. The van der Waals surface area contributed by atoms with E-state index >= 15 is 0 Å². The van der Waals surface area contributed by atoms with E-state index in [-0.39, 0.29) is 18.4 Å². The fourth-order valence-electron chi connectivity index (χ4n) is 3.02. The lowest BCUT2D eigenvalue weighted by Crippen LogP contribution is -2.53. The molecular weight excluding hydrogens is 256 g/mol. The first-order valence-corrected chi connectivity index (χ1v) is 7.75. The van der Waals surface area contributed by atoms with Crippen molar-refractivity contribution in [3.8, 4) is 0 Å². The van der Waals surface area contributed by atoms with E-state index < -0.39 is 12.0 Å². The fraction of sp³-hybridized carbons (Fsp3) is 0.867. The van der Waals surface area contributed by atoms with Gasteiger partial charge in [0, 0.05) is 13.1 Å². The summed E-state index contributed by atoms with van der Waals surface area (Å²) >= 11 is 0. The van der Waals surface area contributed by atoms with Gasteiger partial charge in [-0.05, 0) is 38.1 Å². The van der Waals surface area contributed by atoms with Crippen LogP contribution in [0.5, 0.6) is 0 Å². The highest BCUT2D eigenvalue weighted by molar-refractivity contribution is 5.80. The Morgan fingerprint density at radius 2 is 1.85 bits per heavy atom. The minimum Gasteiger partial charge on any atom is -0.480 e. The standard InChI is InChI=1S/C15H28N2O3/c1-4-8-16(9-5-2)13(18)11-17-10-6-7-12(3)14(17)15(19)20/h12,14H,4-11H2,1-3H3,(H,19,20). The van der Waals surface area contributed by atoms with Crippen LogP contribution in [-0.2, 0) is 9.59 Å². The van der Waals surface area contributed by atoms with E-state index in [1.807, 2.05) is 16.7 Å². The van der Waals surface area contributed by atoms with E-state index in [1.54, 1.807) is 0 Å². The third-order valence-electron chi connectivity index (χ3n) is 3.97. The van der Waals surface area contributed by atoms with Gasteiger partial charge in [-0.2, -0.15) is 0 Å². The Morgan fingerprint density at radius 1 is 1.25 bits per heavy atom. The van der Waals surface area contributed by atoms with Gasteiger partial charge in [-0.3, -0.25) is 14.5 Å². The molecule has 20 heavy (non-hydrogen) atoms. The Balaban J connectivity index is 2.67. The molecule has 0 aromatic heterocycles. The Kier molecular flexibility index (Phi) is 6.99. The molecule has 0 radical (unpaired) electrons. The minimum atomic E-state index is -0.803. The van der Waals surface area contributed by atoms with Crippen LogP contribution in [0.1, 0.15) is 46.5 Å². The Labute approximate surface area is 121 Å². The predicted molar refractivity (Wildman–Crippen MR) is 78.6 cm³/mol. The smallest absolute Gasteiger partial charge is 0.321 e. The molecular formula is C15H28N2O3. The summed E-state index contributed by atoms with van der Waals surface area (Å²) in [5.74, 6) is -0.628. The number of hydrogen-bond acceptors (Lipinski definition) is 3. The Hall–Kier alpha value is -1.10. The molecule has 2 unspecified atom stereocenters. The number of aliphatic carboxylic acids is 1. The molecule has 1 N–H and O–H groups in total. The Bertz CT molecular complexity index is 327. The summed E-state index contributed by atoms with van der Waals surface area (Å²) in [5, 5.41) is 9.37. The molecule has 2 atom stereocenters. The van der Waals surface area contributed by atoms with Crippen LogP contribution in [0.2, 0.25) is 0 Å². The van der Waals surface area contributed by atoms with Crippen molar-refractivity contribution in [2.24, 2.45) is 5.92 Å². The summed E-state index contributed by atoms with van der Waals surface area (Å²) < 4.78 is 0. The largest absolute Gasteiger partial charge is 0.480 e. The Morgan fingerprint density at radius 3 is 2.35 bits per heavy atom. The number of likely N-dealkylation sites (tertiary alicyclic amines) is 1. The number of carboxylic acids is 1. The van der Waals surface area contributed by atoms with E-state index in [9.17, 15) is 14.7 Å². The first-order valence-electron chi connectivity index (χ1n) is 7.75. The van der Waals surface area contributed by atoms with Gasteiger partial charge >= 0.3 is 5.97 Å². The molecule has 1 heterocycles. The van der Waals surface area contributed by atoms with Crippen LogP contribution in [0, 0.1) is 5.92 Å². The van der Waals surface area contributed by atoms with Crippen LogP contribution in [0.3, 0.4) is 0 Å². The summed E-state index contributed by atoms with van der Waals surface area (Å²) in [5.41, 5.74) is 0. The molecule has 0 spiro atoms. The van der Waals surface area contributed by atoms with Gasteiger partial charge < -0.3 is 10.0 Å². The van der Waals surface area contributed by atoms with E-state index in [0.29, 0.717) is 6.54 Å². The summed E-state index contributed by atoms with van der Waals surface area (Å²) in [6.45, 7) is 8.53. The lowest BCUT2D eigenvalue weighted by molar-refractivity contribution is -0.148. The van der Waals surface area contributed by atoms with Gasteiger partial charge in [-0.1, -0.05) is 20.8 Å². The van der Waals surface area contributed by atoms with Crippen molar-refractivity contribution in [1.82, 2.24) is 9.80 Å². The SMILES string of the molecule is CCCN(CCC)C(=O)CN1CCCC(C)C1C(=O)O. The van der Waals surface area contributed by atoms with Gasteiger partial charge in [0.1, 0.15) is 6.04 Å². The average Bonchev–Trinajstić information content (AvgIpc) is 2.38. The first kappa shape index (κ1) is 17.0. The molecule has 1 fully saturated rings. The summed E-state index contributed by atoms with van der Waals surface area (Å²) in [6.07, 6.45) is 3.77. The molecule has 116 valence electrons. The zero-order chi connectivity index (χ0) is 15.1. The number of nitrogens with zero attached hydrogens (tertiary/aromatic N) is 2. The van der Waals surface area contributed by atoms with Crippen molar-refractivity contribution in [3.05, 3.63) is 0 Å². The number of amides is 1. The average molecular weight is 284 g/mol. The van der Waals surface area contributed by atoms with E-state index in [0.717, 1.165) is 38.8 Å². The van der Waals surface area contributed by atoms with E-state index in [2.05, 4.69) is 13.8 Å². The second kappa shape index (κ2) is 8.25. The predicted octanol–water partition coefficient (Wildman–Crippen LogP) is 1.82. The molecule has 1 amide bonds. The van der Waals surface area contributed by atoms with Crippen LogP contribution in [0.4, 0.5) is 0 Å². The van der Waals surface area contributed by atoms with Gasteiger partial charge in [-0.25, -0.2) is 0 Å². The van der Waals surface area contributed by atoms with Gasteiger partial charge in [0.15, 0.2) is 0 Å². The number of rotatable bonds is 7. The molecule has 1 aliphatic heterocycles. The van der Waals surface area contributed by atoms with E-state index in [4.69, 9.17) is 0 Å². The number of piperidine rings is 1. The van der Waals surface area contributed by atoms with Crippen molar-refractivity contribution in [2.45, 2.75) is 52.5 Å². The zero-order valence-electron chi connectivity index (χ0n) is 13.0. The van der Waals surface area contributed by atoms with Crippen LogP contribution in [0.15, 0.2) is 0 Å². The number of carboxylic acid groups (broad SMARTS) is 1. The highest BCUT2D eigenvalue weighted by Gasteiger charge is 2.35. The quantitative estimate of drug-likeness (QED) is 0.774. The van der Waals surface area contributed by atoms with Gasteiger partial charge in [0.05, 0.1) is 6.54 Å². The lowest BCUT2D eigenvalue weighted by Gasteiger charge is -2.37. The first-order chi connectivity index (χ1) is 9.51.